The van der Waals surface area contributed by atoms with Crippen molar-refractivity contribution in [1.29, 1.82) is 0 Å². The Bertz CT molecular complexity index is 728. The molecule has 1 aliphatic rings. The van der Waals surface area contributed by atoms with Gasteiger partial charge < -0.3 is 16.0 Å². The Morgan fingerprint density at radius 3 is 2.95 bits per heavy atom. The van der Waals surface area contributed by atoms with Gasteiger partial charge in [0.1, 0.15) is 4.88 Å². The maximum Gasteiger partial charge on any atom is 0.266 e. The van der Waals surface area contributed by atoms with E-state index in [9.17, 15) is 9.59 Å². The number of amides is 2. The van der Waals surface area contributed by atoms with Crippen molar-refractivity contribution in [3.8, 4) is 0 Å². The van der Waals surface area contributed by atoms with E-state index in [1.54, 1.807) is 4.90 Å². The minimum Gasteiger partial charge on any atom is -0.397 e. The molecule has 1 aliphatic heterocycles. The molecule has 0 unspecified atom stereocenters. The number of nitrogens with two attached hydrogens (primary N) is 1. The fraction of sp³-hybridized carbons (Fsp3) is 0.286. The first kappa shape index (κ1) is 14.3. The highest BCUT2D eigenvalue weighted by molar-refractivity contribution is 9.10. The Morgan fingerprint density at radius 1 is 1.38 bits per heavy atom. The largest absolute Gasteiger partial charge is 0.397 e. The SMILES string of the molecule is Nc1c(C(=O)N2CCNC(=O)CC2)sc2cccc(Br)c12. The van der Waals surface area contributed by atoms with Gasteiger partial charge >= 0.3 is 0 Å². The summed E-state index contributed by atoms with van der Waals surface area (Å²) in [5.74, 6) is -0.116. The van der Waals surface area contributed by atoms with Crippen LogP contribution in [0.15, 0.2) is 22.7 Å². The van der Waals surface area contributed by atoms with Gasteiger partial charge in [0.15, 0.2) is 0 Å². The molecule has 1 saturated heterocycles. The Kier molecular flexibility index (Phi) is 3.86. The van der Waals surface area contributed by atoms with E-state index in [0.717, 1.165) is 14.6 Å². The van der Waals surface area contributed by atoms with E-state index in [2.05, 4.69) is 21.2 Å². The number of rotatable bonds is 1. The minimum absolute atomic E-state index is 0.0163. The average Bonchev–Trinajstić information content (AvgIpc) is 2.65. The first-order valence-corrected chi connectivity index (χ1v) is 8.21. The molecule has 5 nitrogen and oxygen atoms in total. The fourth-order valence-corrected chi connectivity index (χ4v) is 4.23. The second-order valence-electron chi connectivity index (χ2n) is 4.85. The van der Waals surface area contributed by atoms with Crippen molar-refractivity contribution in [1.82, 2.24) is 10.2 Å². The molecule has 21 heavy (non-hydrogen) atoms. The summed E-state index contributed by atoms with van der Waals surface area (Å²) in [4.78, 5) is 26.3. The van der Waals surface area contributed by atoms with Crippen molar-refractivity contribution in [2.75, 3.05) is 25.4 Å². The van der Waals surface area contributed by atoms with Gasteiger partial charge in [0.25, 0.3) is 5.91 Å². The lowest BCUT2D eigenvalue weighted by Crippen LogP contribution is -2.34. The number of benzene rings is 1. The third-order valence-corrected chi connectivity index (χ3v) is 5.32. The van der Waals surface area contributed by atoms with Gasteiger partial charge in [-0.1, -0.05) is 22.0 Å². The summed E-state index contributed by atoms with van der Waals surface area (Å²) in [6, 6.07) is 5.78. The van der Waals surface area contributed by atoms with Crippen LogP contribution in [-0.2, 0) is 4.79 Å². The third kappa shape index (κ3) is 2.63. The second-order valence-corrected chi connectivity index (χ2v) is 6.76. The molecule has 0 saturated carbocycles. The summed E-state index contributed by atoms with van der Waals surface area (Å²) in [6.07, 6.45) is 0.334. The van der Waals surface area contributed by atoms with Gasteiger partial charge in [-0.2, -0.15) is 0 Å². The number of nitrogens with one attached hydrogen (secondary N) is 1. The molecule has 0 atom stereocenters. The first-order chi connectivity index (χ1) is 10.1. The van der Waals surface area contributed by atoms with Gasteiger partial charge in [0.05, 0.1) is 5.69 Å². The van der Waals surface area contributed by atoms with Crippen LogP contribution in [0.1, 0.15) is 16.1 Å². The molecule has 3 N–H and O–H groups in total. The van der Waals surface area contributed by atoms with Crippen LogP contribution in [-0.4, -0.2) is 36.3 Å². The maximum atomic E-state index is 12.7. The Hall–Kier alpha value is -1.60. The predicted molar refractivity (Wildman–Crippen MR) is 87.5 cm³/mol. The van der Waals surface area contributed by atoms with Crippen LogP contribution >= 0.6 is 27.3 Å². The van der Waals surface area contributed by atoms with Crippen molar-refractivity contribution in [3.05, 3.63) is 27.5 Å². The van der Waals surface area contributed by atoms with E-state index in [0.29, 0.717) is 36.6 Å². The van der Waals surface area contributed by atoms with E-state index in [4.69, 9.17) is 5.73 Å². The van der Waals surface area contributed by atoms with Crippen LogP contribution in [0.3, 0.4) is 0 Å². The lowest BCUT2D eigenvalue weighted by atomic mass is 10.2. The standard InChI is InChI=1S/C14H14BrN3O2S/c15-8-2-1-3-9-11(8)12(16)13(21-9)14(20)18-6-4-10(19)17-5-7-18/h1-3H,4-7,16H2,(H,17,19). The van der Waals surface area contributed by atoms with E-state index in [1.165, 1.54) is 11.3 Å². The fourth-order valence-electron chi connectivity index (χ4n) is 2.40. The van der Waals surface area contributed by atoms with E-state index in [1.807, 2.05) is 18.2 Å². The van der Waals surface area contributed by atoms with Gasteiger partial charge in [-0.05, 0) is 12.1 Å². The highest BCUT2D eigenvalue weighted by Crippen LogP contribution is 2.38. The molecule has 1 fully saturated rings. The Morgan fingerprint density at radius 2 is 2.19 bits per heavy atom. The molecule has 2 aromatic rings. The van der Waals surface area contributed by atoms with Crippen LogP contribution in [0.5, 0.6) is 0 Å². The quantitative estimate of drug-likeness (QED) is 0.811. The van der Waals surface area contributed by atoms with Gasteiger partial charge in [-0.3, -0.25) is 9.59 Å². The van der Waals surface area contributed by atoms with E-state index < -0.39 is 0 Å². The molecule has 110 valence electrons. The van der Waals surface area contributed by atoms with Gasteiger partial charge in [-0.25, -0.2) is 0 Å². The van der Waals surface area contributed by atoms with E-state index >= 15 is 0 Å². The van der Waals surface area contributed by atoms with Crippen LogP contribution in [0.4, 0.5) is 5.69 Å². The van der Waals surface area contributed by atoms with Crippen LogP contribution in [0.2, 0.25) is 0 Å². The molecule has 1 aromatic heterocycles. The molecule has 2 amide bonds. The van der Waals surface area contributed by atoms with Crippen molar-refractivity contribution in [2.45, 2.75) is 6.42 Å². The molecular weight excluding hydrogens is 354 g/mol. The summed E-state index contributed by atoms with van der Waals surface area (Å²) in [5.41, 5.74) is 6.67. The molecule has 1 aromatic carbocycles. The van der Waals surface area contributed by atoms with Crippen LogP contribution in [0, 0.1) is 0 Å². The van der Waals surface area contributed by atoms with Gasteiger partial charge in [0, 0.05) is 40.6 Å². The number of fused-ring (bicyclic) bond motifs is 1. The lowest BCUT2D eigenvalue weighted by Gasteiger charge is -2.18. The summed E-state index contributed by atoms with van der Waals surface area (Å²) >= 11 is 4.87. The van der Waals surface area contributed by atoms with Crippen molar-refractivity contribution in [2.24, 2.45) is 0 Å². The van der Waals surface area contributed by atoms with Gasteiger partial charge in [0.2, 0.25) is 5.91 Å². The zero-order valence-electron chi connectivity index (χ0n) is 11.2. The molecule has 0 radical (unpaired) electrons. The highest BCUT2D eigenvalue weighted by atomic mass is 79.9. The molecule has 0 spiro atoms. The number of thiophene rings is 1. The number of hydrogen-bond acceptors (Lipinski definition) is 4. The smallest absolute Gasteiger partial charge is 0.266 e. The number of nitrogen functional groups attached to an aromatic ring is 1. The number of carbonyl (C=O) groups excluding carboxylic acids is 2. The predicted octanol–water partition coefficient (Wildman–Crippen LogP) is 2.21. The van der Waals surface area contributed by atoms with E-state index in [-0.39, 0.29) is 11.8 Å². The number of carbonyl (C=O) groups is 2. The van der Waals surface area contributed by atoms with Crippen molar-refractivity contribution < 1.29 is 9.59 Å². The molecular formula is C14H14BrN3O2S. The topological polar surface area (TPSA) is 75.4 Å². The molecule has 2 heterocycles. The monoisotopic (exact) mass is 367 g/mol. The average molecular weight is 368 g/mol. The normalized spacial score (nSPS) is 15.9. The Balaban J connectivity index is 1.96. The zero-order valence-corrected chi connectivity index (χ0v) is 13.6. The number of anilines is 1. The first-order valence-electron chi connectivity index (χ1n) is 6.60. The zero-order chi connectivity index (χ0) is 15.0. The summed E-state index contributed by atoms with van der Waals surface area (Å²) in [7, 11) is 0. The Labute approximate surface area is 134 Å². The van der Waals surface area contributed by atoms with Crippen LogP contribution in [0.25, 0.3) is 10.1 Å². The summed E-state index contributed by atoms with van der Waals surface area (Å²) in [6.45, 7) is 1.43. The van der Waals surface area contributed by atoms with Gasteiger partial charge in [-0.15, -0.1) is 11.3 Å². The summed E-state index contributed by atoms with van der Waals surface area (Å²) < 4.78 is 1.87. The van der Waals surface area contributed by atoms with Crippen molar-refractivity contribution in [3.63, 3.8) is 0 Å². The minimum atomic E-state index is -0.0999. The third-order valence-electron chi connectivity index (χ3n) is 3.50. The number of nitrogens with zero attached hydrogens (tertiary/aromatic N) is 1. The number of halogens is 1. The molecule has 0 aliphatic carbocycles. The molecule has 7 heteroatoms. The van der Waals surface area contributed by atoms with Crippen LogP contribution < -0.4 is 11.1 Å². The molecule has 3 rings (SSSR count). The number of hydrogen-bond donors (Lipinski definition) is 2. The molecule has 0 bridgehead atoms. The maximum absolute atomic E-state index is 12.7. The lowest BCUT2D eigenvalue weighted by molar-refractivity contribution is -0.120. The second kappa shape index (κ2) is 5.65. The summed E-state index contributed by atoms with van der Waals surface area (Å²) in [5, 5.41) is 3.65. The highest BCUT2D eigenvalue weighted by Gasteiger charge is 2.24. The van der Waals surface area contributed by atoms with Crippen molar-refractivity contribution >= 4 is 54.9 Å².